The van der Waals surface area contributed by atoms with E-state index in [-0.39, 0.29) is 17.0 Å². The van der Waals surface area contributed by atoms with Gasteiger partial charge in [-0.3, -0.25) is 4.79 Å². The van der Waals surface area contributed by atoms with Crippen molar-refractivity contribution in [3.8, 4) is 17.2 Å². The Kier molecular flexibility index (Phi) is 4.81. The quantitative estimate of drug-likeness (QED) is 0.454. The Balaban J connectivity index is 1.62. The Labute approximate surface area is 160 Å². The normalized spacial score (nSPS) is 10.8. The van der Waals surface area contributed by atoms with Gasteiger partial charge in [0.1, 0.15) is 35.3 Å². The molecule has 0 unspecified atom stereocenters. The maximum absolute atomic E-state index is 13.1. The van der Waals surface area contributed by atoms with E-state index in [2.05, 4.69) is 0 Å². The van der Waals surface area contributed by atoms with Crippen molar-refractivity contribution >= 4 is 11.0 Å². The smallest absolute Gasteiger partial charge is 0.235 e. The first kappa shape index (κ1) is 17.8. The zero-order valence-electron chi connectivity index (χ0n) is 15.1. The molecule has 0 aliphatic rings. The molecule has 3 aromatic carbocycles. The zero-order chi connectivity index (χ0) is 19.5. The molecule has 0 saturated heterocycles. The van der Waals surface area contributed by atoms with Crippen LogP contribution in [0.5, 0.6) is 17.2 Å². The second-order valence-corrected chi connectivity index (χ2v) is 6.30. The van der Waals surface area contributed by atoms with Gasteiger partial charge in [0.25, 0.3) is 0 Å². The van der Waals surface area contributed by atoms with Gasteiger partial charge in [-0.05, 0) is 48.9 Å². The minimum atomic E-state index is -0.377. The largest absolute Gasteiger partial charge is 0.489 e. The molecule has 0 spiro atoms. The molecule has 0 radical (unpaired) electrons. The molecule has 0 amide bonds. The molecule has 0 atom stereocenters. The highest BCUT2D eigenvalue weighted by Crippen LogP contribution is 2.27. The van der Waals surface area contributed by atoms with E-state index < -0.39 is 0 Å². The van der Waals surface area contributed by atoms with Crippen LogP contribution < -0.4 is 14.9 Å². The number of aryl methyl sites for hydroxylation is 1. The molecule has 5 heteroatoms. The van der Waals surface area contributed by atoms with Crippen molar-refractivity contribution < 1.29 is 18.3 Å². The van der Waals surface area contributed by atoms with Crippen molar-refractivity contribution in [2.24, 2.45) is 0 Å². The summed E-state index contributed by atoms with van der Waals surface area (Å²) in [5.74, 6) is 1.00. The van der Waals surface area contributed by atoms with Crippen LogP contribution >= 0.6 is 0 Å². The van der Waals surface area contributed by atoms with Gasteiger partial charge in [0.05, 0.1) is 5.39 Å². The highest BCUT2D eigenvalue weighted by atomic mass is 19.1. The van der Waals surface area contributed by atoms with Crippen LogP contribution in [-0.2, 0) is 6.61 Å². The fraction of sp³-hybridized carbons (Fsp3) is 0.0870. The van der Waals surface area contributed by atoms with E-state index in [1.165, 1.54) is 24.3 Å². The van der Waals surface area contributed by atoms with Crippen molar-refractivity contribution in [2.45, 2.75) is 13.5 Å². The van der Waals surface area contributed by atoms with E-state index in [9.17, 15) is 9.18 Å². The SMILES string of the molecule is Cc1oc2cc(OCc3ccccc3)ccc2c(=O)c1Oc1ccc(F)cc1. The van der Waals surface area contributed by atoms with Crippen LogP contribution in [0.2, 0.25) is 0 Å². The predicted molar refractivity (Wildman–Crippen MR) is 104 cm³/mol. The van der Waals surface area contributed by atoms with Gasteiger partial charge in [-0.2, -0.15) is 0 Å². The highest BCUT2D eigenvalue weighted by molar-refractivity contribution is 5.79. The number of fused-ring (bicyclic) bond motifs is 1. The average molecular weight is 376 g/mol. The molecule has 28 heavy (non-hydrogen) atoms. The maximum atomic E-state index is 13.1. The number of halogens is 1. The second-order valence-electron chi connectivity index (χ2n) is 6.30. The molecule has 0 bridgehead atoms. The number of hydrogen-bond donors (Lipinski definition) is 0. The fourth-order valence-electron chi connectivity index (χ4n) is 2.84. The molecule has 140 valence electrons. The van der Waals surface area contributed by atoms with Gasteiger partial charge < -0.3 is 13.9 Å². The predicted octanol–water partition coefficient (Wildman–Crippen LogP) is 5.61. The van der Waals surface area contributed by atoms with E-state index in [0.29, 0.717) is 34.8 Å². The molecule has 4 rings (SSSR count). The van der Waals surface area contributed by atoms with Gasteiger partial charge in [0.15, 0.2) is 0 Å². The summed E-state index contributed by atoms with van der Waals surface area (Å²) in [5.41, 5.74) is 1.17. The lowest BCUT2D eigenvalue weighted by Crippen LogP contribution is -2.07. The van der Waals surface area contributed by atoms with Gasteiger partial charge in [-0.25, -0.2) is 4.39 Å². The summed E-state index contributed by atoms with van der Waals surface area (Å²) in [6.07, 6.45) is 0. The molecule has 0 aliphatic heterocycles. The number of benzene rings is 3. The van der Waals surface area contributed by atoms with Crippen LogP contribution in [-0.4, -0.2) is 0 Å². The monoisotopic (exact) mass is 376 g/mol. The summed E-state index contributed by atoms with van der Waals surface area (Å²) >= 11 is 0. The third-order valence-corrected chi connectivity index (χ3v) is 4.27. The standard InChI is InChI=1S/C23H17FO4/c1-15-23(28-18-9-7-17(24)8-10-18)22(25)20-12-11-19(13-21(20)27-15)26-14-16-5-3-2-4-6-16/h2-13H,14H2,1H3. The topological polar surface area (TPSA) is 48.7 Å². The molecule has 4 nitrogen and oxygen atoms in total. The van der Waals surface area contributed by atoms with Crippen LogP contribution in [0, 0.1) is 12.7 Å². The summed E-state index contributed by atoms with van der Waals surface area (Å²) in [7, 11) is 0. The molecular weight excluding hydrogens is 359 g/mol. The van der Waals surface area contributed by atoms with Gasteiger partial charge in [0.2, 0.25) is 11.2 Å². The zero-order valence-corrected chi connectivity index (χ0v) is 15.1. The van der Waals surface area contributed by atoms with Crippen molar-refractivity contribution in [1.82, 2.24) is 0 Å². The Morgan fingerprint density at radius 2 is 1.64 bits per heavy atom. The van der Waals surface area contributed by atoms with E-state index >= 15 is 0 Å². The third kappa shape index (κ3) is 3.74. The molecular formula is C23H17FO4. The third-order valence-electron chi connectivity index (χ3n) is 4.27. The molecule has 4 aromatic rings. The van der Waals surface area contributed by atoms with Crippen LogP contribution in [0.3, 0.4) is 0 Å². The summed E-state index contributed by atoms with van der Waals surface area (Å²) in [6, 6.07) is 20.3. The van der Waals surface area contributed by atoms with Crippen LogP contribution in [0.15, 0.2) is 82.0 Å². The van der Waals surface area contributed by atoms with Crippen molar-refractivity contribution in [3.63, 3.8) is 0 Å². The Hall–Kier alpha value is -3.60. The number of ether oxygens (including phenoxy) is 2. The van der Waals surface area contributed by atoms with Crippen LogP contribution in [0.1, 0.15) is 11.3 Å². The fourth-order valence-corrected chi connectivity index (χ4v) is 2.84. The number of rotatable bonds is 5. The minimum Gasteiger partial charge on any atom is -0.489 e. The van der Waals surface area contributed by atoms with Gasteiger partial charge >= 0.3 is 0 Å². The average Bonchev–Trinajstić information content (AvgIpc) is 2.71. The Morgan fingerprint density at radius 1 is 0.929 bits per heavy atom. The molecule has 0 saturated carbocycles. The number of hydrogen-bond acceptors (Lipinski definition) is 4. The van der Waals surface area contributed by atoms with Crippen molar-refractivity contribution in [1.29, 1.82) is 0 Å². The Morgan fingerprint density at radius 3 is 2.39 bits per heavy atom. The van der Waals surface area contributed by atoms with E-state index in [0.717, 1.165) is 5.56 Å². The highest BCUT2D eigenvalue weighted by Gasteiger charge is 2.14. The molecule has 0 aliphatic carbocycles. The lowest BCUT2D eigenvalue weighted by atomic mass is 10.2. The van der Waals surface area contributed by atoms with E-state index in [1.54, 1.807) is 25.1 Å². The first-order chi connectivity index (χ1) is 13.6. The second kappa shape index (κ2) is 7.56. The molecule has 1 heterocycles. The lowest BCUT2D eigenvalue weighted by molar-refractivity contribution is 0.306. The van der Waals surface area contributed by atoms with Crippen molar-refractivity contribution in [3.05, 3.63) is 100 Å². The van der Waals surface area contributed by atoms with Crippen LogP contribution in [0.4, 0.5) is 4.39 Å². The first-order valence-electron chi connectivity index (χ1n) is 8.78. The van der Waals surface area contributed by atoms with E-state index in [1.807, 2.05) is 30.3 Å². The van der Waals surface area contributed by atoms with E-state index in [4.69, 9.17) is 13.9 Å². The molecule has 1 aromatic heterocycles. The molecule has 0 N–H and O–H groups in total. The summed E-state index contributed by atoms with van der Waals surface area (Å²) in [5, 5.41) is 0.384. The van der Waals surface area contributed by atoms with Gasteiger partial charge in [-0.15, -0.1) is 0 Å². The summed E-state index contributed by atoms with van der Waals surface area (Å²) in [4.78, 5) is 12.8. The lowest BCUT2D eigenvalue weighted by Gasteiger charge is -2.10. The first-order valence-corrected chi connectivity index (χ1v) is 8.78. The molecule has 0 fully saturated rings. The Bertz CT molecular complexity index is 1170. The summed E-state index contributed by atoms with van der Waals surface area (Å²) < 4.78 is 30.3. The van der Waals surface area contributed by atoms with Crippen LogP contribution in [0.25, 0.3) is 11.0 Å². The maximum Gasteiger partial charge on any atom is 0.235 e. The van der Waals surface area contributed by atoms with Gasteiger partial charge in [0, 0.05) is 6.07 Å². The van der Waals surface area contributed by atoms with Crippen molar-refractivity contribution in [2.75, 3.05) is 0 Å². The minimum absolute atomic E-state index is 0.0806. The van der Waals surface area contributed by atoms with Gasteiger partial charge in [-0.1, -0.05) is 30.3 Å². The summed E-state index contributed by atoms with van der Waals surface area (Å²) in [6.45, 7) is 2.07.